The third-order valence-electron chi connectivity index (χ3n) is 4.61. The van der Waals surface area contributed by atoms with Crippen LogP contribution in [0.3, 0.4) is 0 Å². The molecule has 3 aromatic carbocycles. The fraction of sp³-hybridized carbons (Fsp3) is 0.0435. The van der Waals surface area contributed by atoms with Gasteiger partial charge in [-0.05, 0) is 70.0 Å². The Morgan fingerprint density at radius 2 is 1.85 bits per heavy atom. The Morgan fingerprint density at radius 3 is 2.55 bits per heavy atom. The van der Waals surface area contributed by atoms with Gasteiger partial charge in [-0.1, -0.05) is 70.9 Å². The number of hydrogen-bond donors (Lipinski definition) is 0. The number of benzene rings is 3. The van der Waals surface area contributed by atoms with Crippen LogP contribution < -0.4 is 9.64 Å². The molecule has 0 bridgehead atoms. The summed E-state index contributed by atoms with van der Waals surface area (Å²) < 4.78 is 20.4. The second kappa shape index (κ2) is 10.3. The lowest BCUT2D eigenvalue weighted by Crippen LogP contribution is -2.27. The van der Waals surface area contributed by atoms with Gasteiger partial charge in [0, 0.05) is 15.6 Å². The highest BCUT2D eigenvalue weighted by Crippen LogP contribution is 2.38. The number of thioether (sulfide) groups is 1. The first-order valence-electron chi connectivity index (χ1n) is 9.32. The third-order valence-corrected chi connectivity index (χ3v) is 7.41. The summed E-state index contributed by atoms with van der Waals surface area (Å²) in [6.07, 6.45) is 1.73. The standard InChI is InChI=1S/C23H12BrCl3FNO2S2/c24-16-7-12(1-6-20(16)31-11-13-2-3-14(25)9-17(13)26)8-21-22(30)29(23(32)33-21)15-4-5-19(28)18(27)10-15/h1-10H,11H2/b21-8+. The number of thiocarbonyl (C=S) groups is 1. The summed E-state index contributed by atoms with van der Waals surface area (Å²) in [7, 11) is 0. The van der Waals surface area contributed by atoms with Crippen LogP contribution in [-0.4, -0.2) is 10.2 Å². The predicted molar refractivity (Wildman–Crippen MR) is 142 cm³/mol. The first kappa shape index (κ1) is 24.5. The summed E-state index contributed by atoms with van der Waals surface area (Å²) in [5, 5.41) is 1.01. The molecule has 0 saturated carbocycles. The molecule has 1 fully saturated rings. The molecule has 1 heterocycles. The molecule has 0 aliphatic carbocycles. The van der Waals surface area contributed by atoms with Crippen molar-refractivity contribution >= 4 is 96.7 Å². The number of ether oxygens (including phenoxy) is 1. The van der Waals surface area contributed by atoms with Crippen LogP contribution in [-0.2, 0) is 11.4 Å². The highest BCUT2D eigenvalue weighted by molar-refractivity contribution is 9.10. The smallest absolute Gasteiger partial charge is 0.270 e. The number of rotatable bonds is 5. The van der Waals surface area contributed by atoms with E-state index in [2.05, 4.69) is 15.9 Å². The van der Waals surface area contributed by atoms with Gasteiger partial charge < -0.3 is 4.74 Å². The zero-order chi connectivity index (χ0) is 23.7. The lowest BCUT2D eigenvalue weighted by molar-refractivity contribution is -0.113. The first-order chi connectivity index (χ1) is 15.7. The van der Waals surface area contributed by atoms with Crippen LogP contribution >= 0.6 is 74.7 Å². The van der Waals surface area contributed by atoms with E-state index in [1.54, 1.807) is 24.3 Å². The van der Waals surface area contributed by atoms with Crippen LogP contribution in [0.5, 0.6) is 5.75 Å². The molecule has 0 atom stereocenters. The van der Waals surface area contributed by atoms with Crippen molar-refractivity contribution in [3.63, 3.8) is 0 Å². The van der Waals surface area contributed by atoms with Gasteiger partial charge in [0.25, 0.3) is 5.91 Å². The van der Waals surface area contributed by atoms with Crippen molar-refractivity contribution in [3.8, 4) is 5.75 Å². The normalized spacial score (nSPS) is 14.9. The topological polar surface area (TPSA) is 29.5 Å². The van der Waals surface area contributed by atoms with Crippen LogP contribution in [0.2, 0.25) is 15.1 Å². The maximum Gasteiger partial charge on any atom is 0.270 e. The van der Waals surface area contributed by atoms with Gasteiger partial charge in [-0.15, -0.1) is 0 Å². The molecule has 1 aliphatic heterocycles. The van der Waals surface area contributed by atoms with E-state index in [4.69, 9.17) is 51.8 Å². The minimum atomic E-state index is -0.563. The van der Waals surface area contributed by atoms with Crippen molar-refractivity contribution in [2.45, 2.75) is 6.61 Å². The van der Waals surface area contributed by atoms with E-state index < -0.39 is 5.82 Å². The lowest BCUT2D eigenvalue weighted by atomic mass is 10.2. The van der Waals surface area contributed by atoms with Gasteiger partial charge in [-0.2, -0.15) is 0 Å². The van der Waals surface area contributed by atoms with Crippen molar-refractivity contribution in [1.82, 2.24) is 0 Å². The molecule has 1 saturated heterocycles. The zero-order valence-corrected chi connectivity index (χ0v) is 21.9. The molecule has 0 spiro atoms. The molecular formula is C23H12BrCl3FNO2S2. The Kier molecular flexibility index (Phi) is 7.68. The van der Waals surface area contributed by atoms with Crippen LogP contribution in [0.4, 0.5) is 10.1 Å². The fourth-order valence-electron chi connectivity index (χ4n) is 2.98. The Labute approximate surface area is 222 Å². The number of carbonyl (C=O) groups is 1. The molecule has 0 N–H and O–H groups in total. The molecule has 3 aromatic rings. The molecule has 4 rings (SSSR count). The molecule has 0 aromatic heterocycles. The van der Waals surface area contributed by atoms with Crippen molar-refractivity contribution in [3.05, 3.63) is 96.0 Å². The molecule has 1 aliphatic rings. The number of nitrogens with zero attached hydrogens (tertiary/aromatic N) is 1. The minimum Gasteiger partial charge on any atom is -0.488 e. The van der Waals surface area contributed by atoms with Gasteiger partial charge in [-0.25, -0.2) is 4.39 Å². The van der Waals surface area contributed by atoms with E-state index in [1.165, 1.54) is 23.1 Å². The average Bonchev–Trinajstić information content (AvgIpc) is 3.03. The maximum atomic E-state index is 13.5. The lowest BCUT2D eigenvalue weighted by Gasteiger charge is -2.14. The summed E-state index contributed by atoms with van der Waals surface area (Å²) in [6, 6.07) is 14.7. The Balaban J connectivity index is 1.51. The molecule has 33 heavy (non-hydrogen) atoms. The van der Waals surface area contributed by atoms with E-state index in [9.17, 15) is 9.18 Å². The van der Waals surface area contributed by atoms with Gasteiger partial charge >= 0.3 is 0 Å². The molecule has 3 nitrogen and oxygen atoms in total. The van der Waals surface area contributed by atoms with Crippen molar-refractivity contribution in [2.24, 2.45) is 0 Å². The van der Waals surface area contributed by atoms with E-state index in [-0.39, 0.29) is 17.5 Å². The zero-order valence-electron chi connectivity index (χ0n) is 16.5. The van der Waals surface area contributed by atoms with E-state index in [0.717, 1.165) is 22.9 Å². The van der Waals surface area contributed by atoms with Crippen LogP contribution in [0.15, 0.2) is 64.0 Å². The summed E-state index contributed by atoms with van der Waals surface area (Å²) >= 11 is 28.0. The number of anilines is 1. The maximum absolute atomic E-state index is 13.5. The first-order valence-corrected chi connectivity index (χ1v) is 12.5. The molecule has 168 valence electrons. The predicted octanol–water partition coefficient (Wildman–Crippen LogP) is 8.53. The van der Waals surface area contributed by atoms with E-state index >= 15 is 0 Å². The Morgan fingerprint density at radius 1 is 1.06 bits per heavy atom. The largest absolute Gasteiger partial charge is 0.488 e. The fourth-order valence-corrected chi connectivity index (χ4v) is 5.43. The van der Waals surface area contributed by atoms with Crippen LogP contribution in [0.25, 0.3) is 6.08 Å². The number of hydrogen-bond acceptors (Lipinski definition) is 4. The van der Waals surface area contributed by atoms with Crippen molar-refractivity contribution < 1.29 is 13.9 Å². The van der Waals surface area contributed by atoms with Crippen LogP contribution in [0, 0.1) is 5.82 Å². The van der Waals surface area contributed by atoms with Crippen molar-refractivity contribution in [2.75, 3.05) is 4.90 Å². The SMILES string of the molecule is O=C1/C(=C\c2ccc(OCc3ccc(Cl)cc3Cl)c(Br)c2)SC(=S)N1c1ccc(F)c(Cl)c1. The molecule has 1 amide bonds. The number of halogens is 5. The van der Waals surface area contributed by atoms with E-state index in [1.807, 2.05) is 18.2 Å². The van der Waals surface area contributed by atoms with Gasteiger partial charge in [0.2, 0.25) is 0 Å². The van der Waals surface area contributed by atoms with Gasteiger partial charge in [0.05, 0.1) is 20.1 Å². The van der Waals surface area contributed by atoms with Crippen LogP contribution in [0.1, 0.15) is 11.1 Å². The average molecular weight is 604 g/mol. The highest BCUT2D eigenvalue weighted by Gasteiger charge is 2.33. The summed E-state index contributed by atoms with van der Waals surface area (Å²) in [4.78, 5) is 14.7. The second-order valence-corrected chi connectivity index (χ2v) is 10.6. The monoisotopic (exact) mass is 601 g/mol. The number of amides is 1. The van der Waals surface area contributed by atoms with E-state index in [0.29, 0.717) is 35.2 Å². The summed E-state index contributed by atoms with van der Waals surface area (Å²) in [5.74, 6) is -0.250. The quantitative estimate of drug-likeness (QED) is 0.216. The Hall–Kier alpha value is -1.61. The molecular weight excluding hydrogens is 592 g/mol. The van der Waals surface area contributed by atoms with Gasteiger partial charge in [0.15, 0.2) is 4.32 Å². The molecule has 0 radical (unpaired) electrons. The minimum absolute atomic E-state index is 0.0788. The van der Waals surface area contributed by atoms with Crippen molar-refractivity contribution in [1.29, 1.82) is 0 Å². The molecule has 0 unspecified atom stereocenters. The molecule has 10 heteroatoms. The highest BCUT2D eigenvalue weighted by atomic mass is 79.9. The summed E-state index contributed by atoms with van der Waals surface area (Å²) in [5.41, 5.74) is 2.00. The second-order valence-electron chi connectivity index (χ2n) is 6.83. The Bertz CT molecular complexity index is 1320. The van der Waals surface area contributed by atoms with Gasteiger partial charge in [-0.3, -0.25) is 9.69 Å². The van der Waals surface area contributed by atoms with Gasteiger partial charge in [0.1, 0.15) is 18.2 Å². The third kappa shape index (κ3) is 5.56. The summed E-state index contributed by atoms with van der Waals surface area (Å²) in [6.45, 7) is 0.271. The number of carbonyl (C=O) groups excluding carboxylic acids is 1.